The molecule has 0 saturated carbocycles. The summed E-state index contributed by atoms with van der Waals surface area (Å²) >= 11 is 3.48. The molecule has 2 heterocycles. The number of aromatic hydroxyl groups is 1. The second-order valence-electron chi connectivity index (χ2n) is 7.03. The zero-order valence-corrected chi connectivity index (χ0v) is 17.6. The molecule has 4 nitrogen and oxygen atoms in total. The van der Waals surface area contributed by atoms with Crippen LogP contribution in [0.2, 0.25) is 0 Å². The van der Waals surface area contributed by atoms with Crippen molar-refractivity contribution in [3.63, 3.8) is 0 Å². The van der Waals surface area contributed by atoms with Gasteiger partial charge in [0.2, 0.25) is 0 Å². The molecule has 2 aromatic heterocycles. The van der Waals surface area contributed by atoms with Crippen molar-refractivity contribution >= 4 is 44.1 Å². The fourth-order valence-corrected chi connectivity index (χ4v) is 6.12. The summed E-state index contributed by atoms with van der Waals surface area (Å²) in [5.41, 5.74) is 4.25. The Labute approximate surface area is 177 Å². The first kappa shape index (κ1) is 18.3. The van der Waals surface area contributed by atoms with E-state index in [4.69, 9.17) is 14.7 Å². The predicted molar refractivity (Wildman–Crippen MR) is 121 cm³/mol. The van der Waals surface area contributed by atoms with Gasteiger partial charge in [-0.1, -0.05) is 18.2 Å². The Morgan fingerprint density at radius 3 is 2.79 bits per heavy atom. The number of aryl methyl sites for hydroxylation is 1. The van der Waals surface area contributed by atoms with Crippen molar-refractivity contribution in [1.82, 2.24) is 4.98 Å². The number of ether oxygens (including phenoxy) is 1. The van der Waals surface area contributed by atoms with E-state index in [0.717, 1.165) is 28.4 Å². The van der Waals surface area contributed by atoms with E-state index in [1.807, 2.05) is 18.2 Å². The Balaban J connectivity index is 1.63. The van der Waals surface area contributed by atoms with Crippen molar-refractivity contribution in [2.75, 3.05) is 7.11 Å². The second kappa shape index (κ2) is 7.61. The zero-order chi connectivity index (χ0) is 19.8. The zero-order valence-electron chi connectivity index (χ0n) is 16.0. The number of phenolic OH excluding ortho intramolecular Hbond substituents is 1. The van der Waals surface area contributed by atoms with Gasteiger partial charge in [0, 0.05) is 16.7 Å². The van der Waals surface area contributed by atoms with Crippen LogP contribution < -0.4 is 4.74 Å². The van der Waals surface area contributed by atoms with Crippen molar-refractivity contribution in [2.45, 2.75) is 25.7 Å². The predicted octanol–water partition coefficient (Wildman–Crippen LogP) is 6.37. The lowest BCUT2D eigenvalue weighted by Gasteiger charge is -2.11. The summed E-state index contributed by atoms with van der Waals surface area (Å²) in [6.45, 7) is 0. The number of hydrogen-bond acceptors (Lipinski definition) is 6. The summed E-state index contributed by atoms with van der Waals surface area (Å²) in [6.07, 6.45) is 6.36. The molecule has 1 aliphatic carbocycles. The molecule has 2 aromatic carbocycles. The molecule has 0 aliphatic heterocycles. The smallest absolute Gasteiger partial charge is 0.166 e. The van der Waals surface area contributed by atoms with Crippen LogP contribution in [-0.2, 0) is 12.8 Å². The first-order valence-electron chi connectivity index (χ1n) is 9.65. The first-order valence-corrected chi connectivity index (χ1v) is 11.3. The highest BCUT2D eigenvalue weighted by Gasteiger charge is 2.24. The molecule has 29 heavy (non-hydrogen) atoms. The van der Waals surface area contributed by atoms with Gasteiger partial charge in [0.05, 0.1) is 22.9 Å². The largest absolute Gasteiger partial charge is 0.504 e. The molecule has 0 amide bonds. The van der Waals surface area contributed by atoms with Crippen LogP contribution in [-0.4, -0.2) is 23.4 Å². The van der Waals surface area contributed by atoms with Gasteiger partial charge in [0.15, 0.2) is 11.5 Å². The third-order valence-corrected chi connectivity index (χ3v) is 7.49. The molecule has 5 rings (SSSR count). The van der Waals surface area contributed by atoms with E-state index in [0.29, 0.717) is 11.3 Å². The molecule has 1 N–H and O–H groups in total. The number of aliphatic imine (C=N–C) groups is 1. The van der Waals surface area contributed by atoms with Gasteiger partial charge in [-0.25, -0.2) is 9.98 Å². The molecular formula is C23H20N2O2S2. The third-order valence-electron chi connectivity index (χ3n) is 5.23. The molecule has 146 valence electrons. The molecule has 6 heteroatoms. The number of nitrogens with zero attached hydrogens (tertiary/aromatic N) is 2. The topological polar surface area (TPSA) is 54.7 Å². The van der Waals surface area contributed by atoms with Crippen LogP contribution in [0.3, 0.4) is 0 Å². The van der Waals surface area contributed by atoms with E-state index in [1.165, 1.54) is 33.5 Å². The highest BCUT2D eigenvalue weighted by atomic mass is 32.1. The summed E-state index contributed by atoms with van der Waals surface area (Å²) < 4.78 is 6.41. The average Bonchev–Trinajstić information content (AvgIpc) is 3.33. The standard InChI is InChI=1S/C23H20N2O2S2/c1-27-17-10-6-7-14(21(17)26)13-24-22-20(15-8-2-4-11-18(15)28-22)23-25-16-9-3-5-12-19(16)29-23/h3,5-7,9-10,12-13,26H,2,4,8,11H2,1H3. The molecule has 0 bridgehead atoms. The van der Waals surface area contributed by atoms with Gasteiger partial charge in [0.25, 0.3) is 0 Å². The van der Waals surface area contributed by atoms with E-state index in [-0.39, 0.29) is 5.75 Å². The number of rotatable bonds is 4. The molecule has 0 fully saturated rings. The highest BCUT2D eigenvalue weighted by Crippen LogP contribution is 2.47. The fraction of sp³-hybridized carbons (Fsp3) is 0.217. The van der Waals surface area contributed by atoms with E-state index < -0.39 is 0 Å². The van der Waals surface area contributed by atoms with Gasteiger partial charge >= 0.3 is 0 Å². The number of thiazole rings is 1. The number of aromatic nitrogens is 1. The van der Waals surface area contributed by atoms with Crippen molar-refractivity contribution in [3.8, 4) is 22.1 Å². The number of hydrogen-bond donors (Lipinski definition) is 1. The summed E-state index contributed by atoms with van der Waals surface area (Å²) in [7, 11) is 1.55. The summed E-state index contributed by atoms with van der Waals surface area (Å²) in [5, 5.41) is 12.4. The fourth-order valence-electron chi connectivity index (χ4n) is 3.78. The lowest BCUT2D eigenvalue weighted by molar-refractivity contribution is 0.373. The maximum Gasteiger partial charge on any atom is 0.166 e. The molecular weight excluding hydrogens is 400 g/mol. The molecule has 0 unspecified atom stereocenters. The minimum Gasteiger partial charge on any atom is -0.504 e. The van der Waals surface area contributed by atoms with Gasteiger partial charge in [-0.2, -0.15) is 0 Å². The van der Waals surface area contributed by atoms with Crippen molar-refractivity contribution < 1.29 is 9.84 Å². The molecule has 0 saturated heterocycles. The molecule has 0 radical (unpaired) electrons. The van der Waals surface area contributed by atoms with Crippen LogP contribution in [0.15, 0.2) is 47.5 Å². The highest BCUT2D eigenvalue weighted by molar-refractivity contribution is 7.22. The SMILES string of the molecule is COc1cccc(C=Nc2sc3c(c2-c2nc4ccccc4s2)CCCC3)c1O. The molecule has 1 aliphatic rings. The monoisotopic (exact) mass is 420 g/mol. The Morgan fingerprint density at radius 1 is 1.07 bits per heavy atom. The minimum atomic E-state index is 0.113. The lowest BCUT2D eigenvalue weighted by atomic mass is 9.96. The van der Waals surface area contributed by atoms with Gasteiger partial charge < -0.3 is 9.84 Å². The number of phenols is 1. The van der Waals surface area contributed by atoms with E-state index in [2.05, 4.69) is 18.2 Å². The molecule has 4 aromatic rings. The Morgan fingerprint density at radius 2 is 1.93 bits per heavy atom. The van der Waals surface area contributed by atoms with Crippen LogP contribution in [0.5, 0.6) is 11.5 Å². The maximum atomic E-state index is 10.4. The molecule has 0 spiro atoms. The van der Waals surface area contributed by atoms with Gasteiger partial charge in [-0.15, -0.1) is 22.7 Å². The average molecular weight is 421 g/mol. The summed E-state index contributed by atoms with van der Waals surface area (Å²) in [5.74, 6) is 0.562. The Bertz CT molecular complexity index is 1190. The Hall–Kier alpha value is -2.70. The van der Waals surface area contributed by atoms with Crippen LogP contribution in [0.1, 0.15) is 28.8 Å². The van der Waals surface area contributed by atoms with Crippen molar-refractivity contribution in [3.05, 3.63) is 58.5 Å². The van der Waals surface area contributed by atoms with E-state index in [1.54, 1.807) is 42.1 Å². The number of methoxy groups -OCH3 is 1. The lowest BCUT2D eigenvalue weighted by Crippen LogP contribution is -1.99. The number of thiophene rings is 1. The van der Waals surface area contributed by atoms with E-state index in [9.17, 15) is 5.11 Å². The Kier molecular flexibility index (Phi) is 4.81. The number of fused-ring (bicyclic) bond motifs is 2. The maximum absolute atomic E-state index is 10.4. The van der Waals surface area contributed by atoms with E-state index >= 15 is 0 Å². The van der Waals surface area contributed by atoms with Crippen molar-refractivity contribution in [2.24, 2.45) is 4.99 Å². The van der Waals surface area contributed by atoms with Gasteiger partial charge in [0.1, 0.15) is 10.0 Å². The van der Waals surface area contributed by atoms with Crippen LogP contribution >= 0.6 is 22.7 Å². The molecule has 0 atom stereocenters. The van der Waals surface area contributed by atoms with Gasteiger partial charge in [-0.3, -0.25) is 0 Å². The number of benzene rings is 2. The second-order valence-corrected chi connectivity index (χ2v) is 9.15. The quantitative estimate of drug-likeness (QED) is 0.390. The number of para-hydroxylation sites is 2. The van der Waals surface area contributed by atoms with Crippen LogP contribution in [0.25, 0.3) is 20.8 Å². The summed E-state index contributed by atoms with van der Waals surface area (Å²) in [4.78, 5) is 11.1. The normalized spacial score (nSPS) is 13.8. The van der Waals surface area contributed by atoms with Crippen LogP contribution in [0.4, 0.5) is 5.00 Å². The first-order chi connectivity index (χ1) is 14.2. The van der Waals surface area contributed by atoms with Gasteiger partial charge in [-0.05, 0) is 55.5 Å². The minimum absolute atomic E-state index is 0.113. The van der Waals surface area contributed by atoms with Crippen LogP contribution in [0, 0.1) is 0 Å². The third kappa shape index (κ3) is 3.32. The summed E-state index contributed by atoms with van der Waals surface area (Å²) in [6, 6.07) is 13.7. The van der Waals surface area contributed by atoms with Crippen molar-refractivity contribution in [1.29, 1.82) is 0 Å².